The molecule has 2 aromatic heterocycles. The molecular weight excluding hydrogens is 418 g/mol. The maximum absolute atomic E-state index is 13.0. The third-order valence-corrected chi connectivity index (χ3v) is 5.78. The lowest BCUT2D eigenvalue weighted by Gasteiger charge is -2.34. The highest BCUT2D eigenvalue weighted by atomic mass is 79.9. The van der Waals surface area contributed by atoms with Crippen LogP contribution in [0.5, 0.6) is 0 Å². The predicted octanol–water partition coefficient (Wildman–Crippen LogP) is 3.72. The molecule has 28 heavy (non-hydrogen) atoms. The molecule has 0 atom stereocenters. The normalized spacial score (nSPS) is 15.2. The maximum atomic E-state index is 13.0. The number of carbonyl (C=O) groups excluding carboxylic acids is 1. The molecule has 0 unspecified atom stereocenters. The summed E-state index contributed by atoms with van der Waals surface area (Å²) in [7, 11) is 2.15. The number of hydrogen-bond donors (Lipinski definition) is 1. The number of carbonyl (C=O) groups is 1. The van der Waals surface area contributed by atoms with E-state index >= 15 is 0 Å². The summed E-state index contributed by atoms with van der Waals surface area (Å²) in [6.07, 6.45) is 1.94. The molecule has 1 saturated heterocycles. The summed E-state index contributed by atoms with van der Waals surface area (Å²) < 4.78 is 2.73. The van der Waals surface area contributed by atoms with Gasteiger partial charge in [-0.15, -0.1) is 0 Å². The van der Waals surface area contributed by atoms with Crippen molar-refractivity contribution in [1.82, 2.24) is 14.3 Å². The molecule has 1 aliphatic rings. The van der Waals surface area contributed by atoms with Gasteiger partial charge in [-0.1, -0.05) is 0 Å². The minimum Gasteiger partial charge on any atom is -0.369 e. The zero-order valence-electron chi connectivity index (χ0n) is 16.4. The zero-order chi connectivity index (χ0) is 19.8. The molecule has 0 aliphatic carbocycles. The van der Waals surface area contributed by atoms with Crippen LogP contribution in [0.25, 0.3) is 5.65 Å². The van der Waals surface area contributed by atoms with Crippen LogP contribution in [0.15, 0.2) is 41.0 Å². The SMILES string of the molecule is Cc1cc(Br)c2nc(C)c(C(=O)Nc3ccc(N4CCN(C)CC4)cc3)n2c1. The van der Waals surface area contributed by atoms with Gasteiger partial charge in [0.15, 0.2) is 5.65 Å². The Morgan fingerprint density at radius 1 is 1.11 bits per heavy atom. The van der Waals surface area contributed by atoms with Gasteiger partial charge in [-0.3, -0.25) is 9.20 Å². The smallest absolute Gasteiger partial charge is 0.274 e. The number of nitrogens with zero attached hydrogens (tertiary/aromatic N) is 4. The standard InChI is InChI=1S/C21H24BrN5O/c1-14-12-18(22)20-23-15(2)19(27(20)13-14)21(28)24-16-4-6-17(7-5-16)26-10-8-25(3)9-11-26/h4-7,12-13H,8-11H2,1-3H3,(H,24,28). The lowest BCUT2D eigenvalue weighted by molar-refractivity contribution is 0.102. The van der Waals surface area contributed by atoms with E-state index < -0.39 is 0 Å². The zero-order valence-corrected chi connectivity index (χ0v) is 18.0. The summed E-state index contributed by atoms with van der Waals surface area (Å²) in [6, 6.07) is 10.1. The topological polar surface area (TPSA) is 52.9 Å². The van der Waals surface area contributed by atoms with E-state index in [0.29, 0.717) is 11.4 Å². The maximum Gasteiger partial charge on any atom is 0.274 e. The molecule has 0 saturated carbocycles. The number of likely N-dealkylation sites (N-methyl/N-ethyl adjacent to an activating group) is 1. The van der Waals surface area contributed by atoms with E-state index in [0.717, 1.165) is 47.5 Å². The molecule has 0 radical (unpaired) electrons. The van der Waals surface area contributed by atoms with Gasteiger partial charge in [0.05, 0.1) is 10.2 Å². The molecule has 3 heterocycles. The Labute approximate surface area is 173 Å². The molecule has 3 aromatic rings. The van der Waals surface area contributed by atoms with E-state index in [2.05, 4.69) is 55.2 Å². The molecule has 1 aromatic carbocycles. The Hall–Kier alpha value is -2.38. The van der Waals surface area contributed by atoms with E-state index in [-0.39, 0.29) is 5.91 Å². The predicted molar refractivity (Wildman–Crippen MR) is 116 cm³/mol. The van der Waals surface area contributed by atoms with Crippen molar-refractivity contribution in [2.45, 2.75) is 13.8 Å². The number of hydrogen-bond acceptors (Lipinski definition) is 4. The highest BCUT2D eigenvalue weighted by Crippen LogP contribution is 2.24. The third-order valence-electron chi connectivity index (χ3n) is 5.19. The van der Waals surface area contributed by atoms with Gasteiger partial charge in [-0.2, -0.15) is 0 Å². The lowest BCUT2D eigenvalue weighted by atomic mass is 10.2. The van der Waals surface area contributed by atoms with Crippen molar-refractivity contribution >= 4 is 38.9 Å². The van der Waals surface area contributed by atoms with Gasteiger partial charge in [0, 0.05) is 43.8 Å². The highest BCUT2D eigenvalue weighted by Gasteiger charge is 2.19. The number of fused-ring (bicyclic) bond motifs is 1. The van der Waals surface area contributed by atoms with Gasteiger partial charge in [0.25, 0.3) is 5.91 Å². The second-order valence-electron chi connectivity index (χ2n) is 7.40. The second-order valence-corrected chi connectivity index (χ2v) is 8.25. The van der Waals surface area contributed by atoms with Crippen molar-refractivity contribution in [3.05, 3.63) is 58.0 Å². The Kier molecular flexibility index (Phi) is 5.12. The first kappa shape index (κ1) is 19.0. The van der Waals surface area contributed by atoms with Crippen LogP contribution in [0.1, 0.15) is 21.7 Å². The number of nitrogens with one attached hydrogen (secondary N) is 1. The van der Waals surface area contributed by atoms with Gasteiger partial charge in [0.1, 0.15) is 5.69 Å². The lowest BCUT2D eigenvalue weighted by Crippen LogP contribution is -2.44. The van der Waals surface area contributed by atoms with Crippen LogP contribution in [0.4, 0.5) is 11.4 Å². The molecule has 146 valence electrons. The van der Waals surface area contributed by atoms with Gasteiger partial charge < -0.3 is 15.1 Å². The average molecular weight is 442 g/mol. The first-order valence-electron chi connectivity index (χ1n) is 9.42. The first-order chi connectivity index (χ1) is 13.4. The highest BCUT2D eigenvalue weighted by molar-refractivity contribution is 9.10. The van der Waals surface area contributed by atoms with E-state index in [4.69, 9.17) is 0 Å². The molecule has 0 spiro atoms. The van der Waals surface area contributed by atoms with E-state index in [9.17, 15) is 4.79 Å². The van der Waals surface area contributed by atoms with Crippen LogP contribution in [-0.2, 0) is 0 Å². The fraction of sp³-hybridized carbons (Fsp3) is 0.333. The fourth-order valence-electron chi connectivity index (χ4n) is 3.63. The summed E-state index contributed by atoms with van der Waals surface area (Å²) >= 11 is 3.54. The van der Waals surface area contributed by atoms with Crippen LogP contribution >= 0.6 is 15.9 Å². The molecule has 1 aliphatic heterocycles. The number of aryl methyl sites for hydroxylation is 2. The number of halogens is 1. The molecule has 1 fully saturated rings. The van der Waals surface area contributed by atoms with Gasteiger partial charge in [0.2, 0.25) is 0 Å². The van der Waals surface area contributed by atoms with Crippen molar-refractivity contribution in [2.24, 2.45) is 0 Å². The molecule has 4 rings (SSSR count). The van der Waals surface area contributed by atoms with Crippen molar-refractivity contribution < 1.29 is 4.79 Å². The Bertz CT molecular complexity index is 1020. The second kappa shape index (κ2) is 7.56. The minimum absolute atomic E-state index is 0.158. The summed E-state index contributed by atoms with van der Waals surface area (Å²) in [5.41, 5.74) is 5.04. The molecule has 7 heteroatoms. The molecule has 6 nitrogen and oxygen atoms in total. The number of pyridine rings is 1. The quantitative estimate of drug-likeness (QED) is 0.672. The number of rotatable bonds is 3. The molecule has 0 bridgehead atoms. The minimum atomic E-state index is -0.158. The van der Waals surface area contributed by atoms with Gasteiger partial charge in [-0.05, 0) is 72.7 Å². The van der Waals surface area contributed by atoms with Crippen LogP contribution in [0.3, 0.4) is 0 Å². The molecular formula is C21H24BrN5O. The van der Waals surface area contributed by atoms with Crippen LogP contribution in [0, 0.1) is 13.8 Å². The van der Waals surface area contributed by atoms with Crippen LogP contribution in [0.2, 0.25) is 0 Å². The fourth-order valence-corrected chi connectivity index (χ4v) is 4.27. The number of piperazine rings is 1. The largest absolute Gasteiger partial charge is 0.369 e. The van der Waals surface area contributed by atoms with E-state index in [1.54, 1.807) is 0 Å². The number of imidazole rings is 1. The number of aromatic nitrogens is 2. The summed E-state index contributed by atoms with van der Waals surface area (Å²) in [5.74, 6) is -0.158. The Morgan fingerprint density at radius 3 is 2.46 bits per heavy atom. The summed E-state index contributed by atoms with van der Waals surface area (Å²) in [4.78, 5) is 22.2. The number of amides is 1. The van der Waals surface area contributed by atoms with Gasteiger partial charge in [-0.25, -0.2) is 4.98 Å². The van der Waals surface area contributed by atoms with Crippen LogP contribution < -0.4 is 10.2 Å². The first-order valence-corrected chi connectivity index (χ1v) is 10.2. The Morgan fingerprint density at radius 2 is 1.79 bits per heavy atom. The number of anilines is 2. The monoisotopic (exact) mass is 441 g/mol. The van der Waals surface area contributed by atoms with E-state index in [1.807, 2.05) is 42.6 Å². The van der Waals surface area contributed by atoms with Crippen molar-refractivity contribution in [3.63, 3.8) is 0 Å². The number of benzene rings is 1. The molecule has 1 N–H and O–H groups in total. The van der Waals surface area contributed by atoms with Crippen molar-refractivity contribution in [1.29, 1.82) is 0 Å². The van der Waals surface area contributed by atoms with Gasteiger partial charge >= 0.3 is 0 Å². The van der Waals surface area contributed by atoms with Crippen molar-refractivity contribution in [2.75, 3.05) is 43.4 Å². The van der Waals surface area contributed by atoms with E-state index in [1.165, 1.54) is 5.69 Å². The molecule has 1 amide bonds. The third kappa shape index (κ3) is 3.64. The van der Waals surface area contributed by atoms with Crippen molar-refractivity contribution in [3.8, 4) is 0 Å². The summed E-state index contributed by atoms with van der Waals surface area (Å²) in [5, 5.41) is 3.01. The summed E-state index contributed by atoms with van der Waals surface area (Å²) in [6.45, 7) is 8.05. The Balaban J connectivity index is 1.54. The average Bonchev–Trinajstić information content (AvgIpc) is 2.99. The van der Waals surface area contributed by atoms with Crippen LogP contribution in [-0.4, -0.2) is 53.4 Å².